The first-order valence-electron chi connectivity index (χ1n) is 1.25. The monoisotopic (exact) mass is 198 g/mol. The molecule has 0 heterocycles. The van der Waals surface area contributed by atoms with Crippen LogP contribution in [0.15, 0.2) is 0 Å². The Morgan fingerprint density at radius 2 is 1.25 bits per heavy atom. The van der Waals surface area contributed by atoms with Crippen molar-refractivity contribution in [3.05, 3.63) is 0 Å². The van der Waals surface area contributed by atoms with Crippen LogP contribution in [0, 0.1) is 0 Å². The van der Waals surface area contributed by atoms with Gasteiger partial charge < -0.3 is 5.11 Å². The Morgan fingerprint density at radius 1 is 1.25 bits per heavy atom. The summed E-state index contributed by atoms with van der Waals surface area (Å²) in [5.41, 5.74) is 0. The maximum atomic E-state index is 8.36. The molecule has 0 aliphatic carbocycles. The second-order valence-corrected chi connectivity index (χ2v) is 3.96. The lowest BCUT2D eigenvalue weighted by atomic mass is 11.7. The molecule has 0 aliphatic heterocycles. The van der Waals surface area contributed by atoms with Crippen LogP contribution in [0.25, 0.3) is 0 Å². The fourth-order valence-electron chi connectivity index (χ4n) is 0. The molecule has 50 valence electrons. The van der Waals surface area contributed by atoms with Gasteiger partial charge in [-0.15, -0.1) is 0 Å². The van der Waals surface area contributed by atoms with Gasteiger partial charge in [0.2, 0.25) is 0 Å². The van der Waals surface area contributed by atoms with E-state index < -0.39 is 3.25 Å². The van der Waals surface area contributed by atoms with E-state index >= 15 is 0 Å². The molecule has 0 aromatic rings. The molecule has 0 saturated heterocycles. The van der Waals surface area contributed by atoms with Crippen LogP contribution < -0.4 is 0 Å². The molecule has 2 nitrogen and oxygen atoms in total. The Kier molecular flexibility index (Phi) is 8.23. The molecule has 0 rings (SSSR count). The Labute approximate surface area is 66.3 Å². The molecule has 0 saturated carbocycles. The minimum absolute atomic E-state index is 0.250. The van der Waals surface area contributed by atoms with Crippen molar-refractivity contribution in [3.8, 4) is 0 Å². The van der Waals surface area contributed by atoms with Gasteiger partial charge in [0.15, 0.2) is 0 Å². The van der Waals surface area contributed by atoms with E-state index in [1.165, 1.54) is 0 Å². The fraction of sp³-hybridized carbons (Fsp3) is 0.500. The molecule has 0 amide bonds. The van der Waals surface area contributed by atoms with Crippen LogP contribution in [0.5, 0.6) is 0 Å². The van der Waals surface area contributed by atoms with Gasteiger partial charge in [0.25, 0.3) is 9.72 Å². The molecule has 0 bridgehead atoms. The normalized spacial score (nSPS) is 9.00. The predicted molar refractivity (Wildman–Crippen MR) is 34.8 cm³/mol. The predicted octanol–water partition coefficient (Wildman–Crippen LogP) is 2.25. The van der Waals surface area contributed by atoms with Gasteiger partial charge in [-0.05, 0) is 0 Å². The molecule has 6 heteroatoms. The third kappa shape index (κ3) is 529. The zero-order valence-corrected chi connectivity index (χ0v) is 6.47. The molecular formula is C2H2Cl4O2. The summed E-state index contributed by atoms with van der Waals surface area (Å²) in [6, 6.07) is 0. The fourth-order valence-corrected chi connectivity index (χ4v) is 0. The highest BCUT2D eigenvalue weighted by Crippen LogP contribution is 2.29. The van der Waals surface area contributed by atoms with Crippen LogP contribution in [0.3, 0.4) is 0 Å². The largest absolute Gasteiger partial charge is 0.483 e. The zero-order valence-electron chi connectivity index (χ0n) is 3.44. The lowest BCUT2D eigenvalue weighted by molar-refractivity contribution is -0.122. The van der Waals surface area contributed by atoms with Crippen LogP contribution in [-0.4, -0.2) is 14.8 Å². The number of alkyl halides is 4. The van der Waals surface area contributed by atoms with Gasteiger partial charge in [0.05, 0.1) is 0 Å². The topological polar surface area (TPSA) is 37.3 Å². The highest BCUT2D eigenvalue weighted by atomic mass is 35.6. The van der Waals surface area contributed by atoms with Gasteiger partial charge in [0.1, 0.15) is 0 Å². The van der Waals surface area contributed by atoms with Gasteiger partial charge in [-0.3, -0.25) is 4.79 Å². The summed E-state index contributed by atoms with van der Waals surface area (Å²) in [6.45, 7) is -0.250. The van der Waals surface area contributed by atoms with E-state index in [1.54, 1.807) is 0 Å². The van der Waals surface area contributed by atoms with E-state index in [1.807, 2.05) is 0 Å². The maximum absolute atomic E-state index is 8.36. The molecule has 0 aromatic heterocycles. The first-order valence-corrected chi connectivity index (χ1v) is 2.76. The molecular weight excluding hydrogens is 198 g/mol. The van der Waals surface area contributed by atoms with Crippen LogP contribution in [-0.2, 0) is 4.79 Å². The van der Waals surface area contributed by atoms with Gasteiger partial charge in [-0.1, -0.05) is 46.4 Å². The van der Waals surface area contributed by atoms with E-state index in [4.69, 9.17) is 56.3 Å². The molecule has 0 aromatic carbocycles. The molecule has 0 radical (unpaired) electrons. The van der Waals surface area contributed by atoms with E-state index in [0.29, 0.717) is 0 Å². The number of rotatable bonds is 0. The van der Waals surface area contributed by atoms with E-state index in [-0.39, 0.29) is 6.47 Å². The maximum Gasteiger partial charge on any atom is 0.290 e. The highest BCUT2D eigenvalue weighted by molar-refractivity contribution is 6.83. The van der Waals surface area contributed by atoms with Crippen molar-refractivity contribution in [2.24, 2.45) is 0 Å². The number of hydrogen-bond donors (Lipinski definition) is 1. The molecule has 0 fully saturated rings. The quantitative estimate of drug-likeness (QED) is 0.480. The van der Waals surface area contributed by atoms with Crippen molar-refractivity contribution in [2.45, 2.75) is 3.25 Å². The van der Waals surface area contributed by atoms with E-state index in [0.717, 1.165) is 0 Å². The van der Waals surface area contributed by atoms with Gasteiger partial charge in [-0.2, -0.15) is 0 Å². The standard InChI is InChI=1S/CCl4.CH2O2/c2-1(3,4)5;2-1-3/h;1H,(H,2,3). The molecule has 0 aliphatic rings. The minimum atomic E-state index is -1.61. The number of carbonyl (C=O) groups is 1. The second-order valence-electron chi connectivity index (χ2n) is 0.534. The van der Waals surface area contributed by atoms with Crippen molar-refractivity contribution in [3.63, 3.8) is 0 Å². The van der Waals surface area contributed by atoms with Gasteiger partial charge in [0, 0.05) is 0 Å². The third-order valence-corrected chi connectivity index (χ3v) is 0. The Bertz CT molecular complexity index is 51.5. The van der Waals surface area contributed by atoms with Crippen molar-refractivity contribution in [1.82, 2.24) is 0 Å². The number of halogens is 4. The molecule has 8 heavy (non-hydrogen) atoms. The lowest BCUT2D eigenvalue weighted by Gasteiger charge is -1.91. The average molecular weight is 200 g/mol. The van der Waals surface area contributed by atoms with Crippen LogP contribution in [0.2, 0.25) is 0 Å². The zero-order chi connectivity index (χ0) is 7.21. The van der Waals surface area contributed by atoms with Crippen LogP contribution >= 0.6 is 46.4 Å². The van der Waals surface area contributed by atoms with E-state index in [9.17, 15) is 0 Å². The van der Waals surface area contributed by atoms with Crippen LogP contribution in [0.1, 0.15) is 0 Å². The first kappa shape index (κ1) is 11.4. The lowest BCUT2D eigenvalue weighted by Crippen LogP contribution is -1.81. The molecule has 1 N–H and O–H groups in total. The Morgan fingerprint density at radius 3 is 1.25 bits per heavy atom. The number of hydrogen-bond acceptors (Lipinski definition) is 1. The molecule has 0 atom stereocenters. The summed E-state index contributed by atoms with van der Waals surface area (Å²) in [5.74, 6) is 0. The van der Waals surface area contributed by atoms with Crippen LogP contribution in [0.4, 0.5) is 0 Å². The van der Waals surface area contributed by atoms with Gasteiger partial charge in [-0.25, -0.2) is 0 Å². The molecule has 0 spiro atoms. The Balaban J connectivity index is 0. The minimum Gasteiger partial charge on any atom is -0.483 e. The van der Waals surface area contributed by atoms with Crippen molar-refractivity contribution in [1.29, 1.82) is 0 Å². The summed E-state index contributed by atoms with van der Waals surface area (Å²) in [7, 11) is 0. The summed E-state index contributed by atoms with van der Waals surface area (Å²) in [4.78, 5) is 8.36. The second kappa shape index (κ2) is 5.76. The number of carboxylic acid groups (broad SMARTS) is 1. The van der Waals surface area contributed by atoms with E-state index in [2.05, 4.69) is 0 Å². The summed E-state index contributed by atoms with van der Waals surface area (Å²) >= 11 is 19.3. The van der Waals surface area contributed by atoms with Crippen molar-refractivity contribution >= 4 is 52.9 Å². The summed E-state index contributed by atoms with van der Waals surface area (Å²) < 4.78 is -1.61. The van der Waals surface area contributed by atoms with Gasteiger partial charge >= 0.3 is 0 Å². The highest BCUT2D eigenvalue weighted by Gasteiger charge is 2.11. The summed E-state index contributed by atoms with van der Waals surface area (Å²) in [6.07, 6.45) is 0. The average Bonchev–Trinajstić information content (AvgIpc) is 1.27. The molecule has 0 unspecified atom stereocenters. The first-order chi connectivity index (χ1) is 3.41. The van der Waals surface area contributed by atoms with Crippen molar-refractivity contribution < 1.29 is 9.90 Å². The SMILES string of the molecule is ClC(Cl)(Cl)Cl.O=CO. The van der Waals surface area contributed by atoms with Crippen molar-refractivity contribution in [2.75, 3.05) is 0 Å². The smallest absolute Gasteiger partial charge is 0.290 e. The Hall–Kier alpha value is 0.630. The summed E-state index contributed by atoms with van der Waals surface area (Å²) in [5, 5.41) is 6.89. The third-order valence-electron chi connectivity index (χ3n) is 0.